The molecule has 1 fully saturated rings. The number of pyridine rings is 1. The standard InChI is InChI=1S/C32H38F2N4O2/c33-32(34)20-28(21-32)38(16-7-6-11-26-14-13-24-10-4-5-12-29(24)37-26)17-15-25(31(39)40)18-27-19-30(36-22-35-27)23-8-2-1-3-9-23/h1-3,8-9,13-14,19,22,25,28H,4-7,10-12,15-18,20-21H2,(H,39,40)/t25-/m1/s1. The molecule has 2 aromatic heterocycles. The van der Waals surface area contributed by atoms with Gasteiger partial charge < -0.3 is 5.11 Å². The van der Waals surface area contributed by atoms with Crippen molar-refractivity contribution in [1.29, 1.82) is 0 Å². The highest BCUT2D eigenvalue weighted by atomic mass is 19.3. The monoisotopic (exact) mass is 548 g/mol. The molecule has 1 atom stereocenters. The molecule has 1 aromatic carbocycles. The minimum atomic E-state index is -2.61. The molecule has 5 rings (SSSR count). The van der Waals surface area contributed by atoms with E-state index in [0.29, 0.717) is 25.2 Å². The number of unbranched alkanes of at least 4 members (excludes halogenated alkanes) is 1. The van der Waals surface area contributed by atoms with Gasteiger partial charge in [0.25, 0.3) is 5.92 Å². The van der Waals surface area contributed by atoms with Crippen LogP contribution in [0.25, 0.3) is 11.3 Å². The van der Waals surface area contributed by atoms with Crippen LogP contribution in [0.4, 0.5) is 8.78 Å². The Morgan fingerprint density at radius 3 is 2.58 bits per heavy atom. The van der Waals surface area contributed by atoms with Crippen LogP contribution >= 0.6 is 0 Å². The molecule has 0 aliphatic heterocycles. The average molecular weight is 549 g/mol. The lowest BCUT2D eigenvalue weighted by atomic mass is 9.86. The summed E-state index contributed by atoms with van der Waals surface area (Å²) in [6.07, 6.45) is 9.10. The summed E-state index contributed by atoms with van der Waals surface area (Å²) in [5.74, 6) is -4.16. The molecule has 8 heteroatoms. The van der Waals surface area contributed by atoms with Gasteiger partial charge in [-0.15, -0.1) is 0 Å². The van der Waals surface area contributed by atoms with Gasteiger partial charge in [0.15, 0.2) is 0 Å². The van der Waals surface area contributed by atoms with Crippen molar-refractivity contribution >= 4 is 5.97 Å². The molecule has 6 nitrogen and oxygen atoms in total. The number of benzene rings is 1. The molecule has 40 heavy (non-hydrogen) atoms. The first-order chi connectivity index (χ1) is 19.4. The summed E-state index contributed by atoms with van der Waals surface area (Å²) in [6, 6.07) is 15.7. The first-order valence-corrected chi connectivity index (χ1v) is 14.5. The summed E-state index contributed by atoms with van der Waals surface area (Å²) in [7, 11) is 0. The predicted molar refractivity (Wildman–Crippen MR) is 150 cm³/mol. The number of carbonyl (C=O) groups is 1. The molecule has 0 bridgehead atoms. The van der Waals surface area contributed by atoms with Crippen molar-refractivity contribution < 1.29 is 18.7 Å². The van der Waals surface area contributed by atoms with Gasteiger partial charge in [0, 0.05) is 47.9 Å². The molecule has 0 spiro atoms. The maximum absolute atomic E-state index is 13.7. The molecule has 3 aromatic rings. The highest BCUT2D eigenvalue weighted by Gasteiger charge is 2.47. The van der Waals surface area contributed by atoms with Crippen LogP contribution in [0, 0.1) is 5.92 Å². The zero-order valence-corrected chi connectivity index (χ0v) is 22.9. The van der Waals surface area contributed by atoms with Crippen LogP contribution in [0.3, 0.4) is 0 Å². The van der Waals surface area contributed by atoms with Crippen molar-refractivity contribution in [3.63, 3.8) is 0 Å². The first-order valence-electron chi connectivity index (χ1n) is 14.5. The van der Waals surface area contributed by atoms with E-state index in [9.17, 15) is 18.7 Å². The van der Waals surface area contributed by atoms with E-state index in [-0.39, 0.29) is 25.3 Å². The number of carboxylic acid groups (broad SMARTS) is 1. The molecule has 1 N–H and O–H groups in total. The van der Waals surface area contributed by atoms with E-state index in [0.717, 1.165) is 49.1 Å². The van der Waals surface area contributed by atoms with Crippen LogP contribution < -0.4 is 0 Å². The highest BCUT2D eigenvalue weighted by molar-refractivity contribution is 5.70. The van der Waals surface area contributed by atoms with Crippen molar-refractivity contribution in [1.82, 2.24) is 19.9 Å². The smallest absolute Gasteiger partial charge is 0.306 e. The van der Waals surface area contributed by atoms with Gasteiger partial charge in [-0.1, -0.05) is 36.4 Å². The first kappa shape index (κ1) is 28.3. The maximum atomic E-state index is 13.7. The van der Waals surface area contributed by atoms with Crippen LogP contribution in [0.1, 0.15) is 67.6 Å². The largest absolute Gasteiger partial charge is 0.481 e. The van der Waals surface area contributed by atoms with Crippen molar-refractivity contribution in [3.8, 4) is 11.3 Å². The second-order valence-electron chi connectivity index (χ2n) is 11.3. The van der Waals surface area contributed by atoms with E-state index >= 15 is 0 Å². The molecule has 0 radical (unpaired) electrons. The number of hydrogen-bond acceptors (Lipinski definition) is 5. The summed E-state index contributed by atoms with van der Waals surface area (Å²) in [6.45, 7) is 1.16. The van der Waals surface area contributed by atoms with Crippen molar-refractivity contribution in [2.24, 2.45) is 5.92 Å². The number of hydrogen-bond donors (Lipinski definition) is 1. The number of aryl methyl sites for hydroxylation is 3. The average Bonchev–Trinajstić information content (AvgIpc) is 2.95. The van der Waals surface area contributed by atoms with Gasteiger partial charge in [0.1, 0.15) is 6.33 Å². The Balaban J connectivity index is 1.16. The van der Waals surface area contributed by atoms with Gasteiger partial charge in [-0.05, 0) is 82.2 Å². The molecule has 0 saturated heterocycles. The Morgan fingerprint density at radius 1 is 1.00 bits per heavy atom. The number of nitrogens with zero attached hydrogens (tertiary/aromatic N) is 4. The fraction of sp³-hybridized carbons (Fsp3) is 0.500. The SMILES string of the molecule is O=C(O)[C@H](CCN(CCCCc1ccc2c(n1)CCCC2)C1CC(F)(F)C1)Cc1cc(-c2ccccc2)ncn1. The molecular weight excluding hydrogens is 510 g/mol. The number of aromatic nitrogens is 3. The minimum Gasteiger partial charge on any atom is -0.481 e. The normalized spacial score (nSPS) is 17.3. The Kier molecular flexibility index (Phi) is 9.15. The third kappa shape index (κ3) is 7.47. The zero-order valence-electron chi connectivity index (χ0n) is 22.9. The van der Waals surface area contributed by atoms with Crippen LogP contribution in [0.15, 0.2) is 54.9 Å². The third-order valence-corrected chi connectivity index (χ3v) is 8.31. The minimum absolute atomic E-state index is 0.149. The fourth-order valence-electron chi connectivity index (χ4n) is 5.92. The van der Waals surface area contributed by atoms with Gasteiger partial charge in [-0.25, -0.2) is 18.7 Å². The molecule has 0 unspecified atom stereocenters. The van der Waals surface area contributed by atoms with Crippen LogP contribution in [-0.4, -0.2) is 56.0 Å². The quantitative estimate of drug-likeness (QED) is 0.257. The third-order valence-electron chi connectivity index (χ3n) is 8.31. The van der Waals surface area contributed by atoms with E-state index in [2.05, 4.69) is 27.0 Å². The van der Waals surface area contributed by atoms with Crippen molar-refractivity contribution in [2.75, 3.05) is 13.1 Å². The second-order valence-corrected chi connectivity index (χ2v) is 11.3. The summed E-state index contributed by atoms with van der Waals surface area (Å²) >= 11 is 0. The fourth-order valence-corrected chi connectivity index (χ4v) is 5.92. The van der Waals surface area contributed by atoms with Gasteiger partial charge in [-0.3, -0.25) is 14.7 Å². The molecular formula is C32H38F2N4O2. The maximum Gasteiger partial charge on any atom is 0.306 e. The summed E-state index contributed by atoms with van der Waals surface area (Å²) in [4.78, 5) is 27.8. The van der Waals surface area contributed by atoms with Crippen molar-refractivity contribution in [3.05, 3.63) is 77.5 Å². The number of halogens is 2. The van der Waals surface area contributed by atoms with Gasteiger partial charge >= 0.3 is 5.97 Å². The molecule has 1 saturated carbocycles. The molecule has 0 amide bonds. The predicted octanol–water partition coefficient (Wildman–Crippen LogP) is 6.17. The lowest BCUT2D eigenvalue weighted by Gasteiger charge is -2.43. The van der Waals surface area contributed by atoms with E-state index in [1.165, 1.54) is 30.4 Å². The number of aliphatic carboxylic acids is 1. The summed E-state index contributed by atoms with van der Waals surface area (Å²) in [5, 5.41) is 9.96. The Morgan fingerprint density at radius 2 is 1.80 bits per heavy atom. The number of rotatable bonds is 13. The van der Waals surface area contributed by atoms with Crippen LogP contribution in [-0.2, 0) is 30.5 Å². The topological polar surface area (TPSA) is 79.2 Å². The van der Waals surface area contributed by atoms with E-state index in [4.69, 9.17) is 4.98 Å². The van der Waals surface area contributed by atoms with Gasteiger partial charge in [0.2, 0.25) is 0 Å². The number of fused-ring (bicyclic) bond motifs is 1. The van der Waals surface area contributed by atoms with E-state index < -0.39 is 17.8 Å². The lowest BCUT2D eigenvalue weighted by Crippen LogP contribution is -2.51. The number of alkyl halides is 2. The molecule has 212 valence electrons. The van der Waals surface area contributed by atoms with Gasteiger partial charge in [0.05, 0.1) is 11.6 Å². The molecule has 2 aliphatic carbocycles. The van der Waals surface area contributed by atoms with Crippen LogP contribution in [0.5, 0.6) is 0 Å². The number of carboxylic acids is 1. The highest BCUT2D eigenvalue weighted by Crippen LogP contribution is 2.40. The molecule has 2 heterocycles. The zero-order chi connectivity index (χ0) is 28.0. The second kappa shape index (κ2) is 12.9. The Hall–Kier alpha value is -3.26. The summed E-state index contributed by atoms with van der Waals surface area (Å²) < 4.78 is 27.5. The lowest BCUT2D eigenvalue weighted by molar-refractivity contribution is -0.143. The summed E-state index contributed by atoms with van der Waals surface area (Å²) in [5.41, 5.74) is 6.08. The van der Waals surface area contributed by atoms with E-state index in [1.54, 1.807) is 0 Å². The Bertz CT molecular complexity index is 1280. The van der Waals surface area contributed by atoms with Crippen molar-refractivity contribution in [2.45, 2.75) is 82.6 Å². The Labute approximate surface area is 234 Å². The van der Waals surface area contributed by atoms with Crippen LogP contribution in [0.2, 0.25) is 0 Å². The van der Waals surface area contributed by atoms with E-state index in [1.807, 2.05) is 36.4 Å². The van der Waals surface area contributed by atoms with Gasteiger partial charge in [-0.2, -0.15) is 0 Å². The molecule has 2 aliphatic rings.